The maximum Gasteiger partial charge on any atom is 0.264 e. The predicted octanol–water partition coefficient (Wildman–Crippen LogP) is 4.07. The Morgan fingerprint density at radius 1 is 1.07 bits per heavy atom. The second kappa shape index (κ2) is 8.30. The summed E-state index contributed by atoms with van der Waals surface area (Å²) in [6.07, 6.45) is 1.84. The van der Waals surface area contributed by atoms with Crippen molar-refractivity contribution >= 4 is 32.4 Å². The van der Waals surface area contributed by atoms with E-state index in [1.165, 1.54) is 5.56 Å². The normalized spacial score (nSPS) is 21.5. The molecule has 5 nitrogen and oxygen atoms in total. The summed E-state index contributed by atoms with van der Waals surface area (Å²) in [4.78, 5) is 7.47. The number of piperidine rings is 1. The lowest BCUT2D eigenvalue weighted by molar-refractivity contribution is 0.206. The minimum absolute atomic E-state index is 0.124. The van der Waals surface area contributed by atoms with Gasteiger partial charge in [-0.3, -0.25) is 14.6 Å². The van der Waals surface area contributed by atoms with Crippen LogP contribution in [0.2, 0.25) is 5.02 Å². The Balaban J connectivity index is 1.47. The third-order valence-corrected chi connectivity index (χ3v) is 7.21. The van der Waals surface area contributed by atoms with Crippen LogP contribution < -0.4 is 4.72 Å². The molecule has 0 spiro atoms. The van der Waals surface area contributed by atoms with Gasteiger partial charge in [0, 0.05) is 30.2 Å². The number of rotatable bonds is 4. The molecule has 0 unspecified atom stereocenters. The summed E-state index contributed by atoms with van der Waals surface area (Å²) in [6.45, 7) is 4.66. The van der Waals surface area contributed by atoms with Crippen molar-refractivity contribution in [3.63, 3.8) is 0 Å². The average molecular weight is 430 g/mol. The van der Waals surface area contributed by atoms with Gasteiger partial charge in [-0.25, -0.2) is 8.42 Å². The van der Waals surface area contributed by atoms with Crippen LogP contribution in [0.15, 0.2) is 65.2 Å². The van der Waals surface area contributed by atoms with Crippen molar-refractivity contribution in [3.8, 4) is 0 Å². The summed E-state index contributed by atoms with van der Waals surface area (Å²) < 4.78 is 28.0. The summed E-state index contributed by atoms with van der Waals surface area (Å²) in [5, 5.41) is 0.575. The first-order chi connectivity index (χ1) is 13.9. The molecule has 2 aromatic carbocycles. The van der Waals surface area contributed by atoms with Crippen LogP contribution in [0.25, 0.3) is 4.91 Å². The van der Waals surface area contributed by atoms with Gasteiger partial charge in [0.05, 0.1) is 6.04 Å². The fourth-order valence-corrected chi connectivity index (χ4v) is 5.53. The van der Waals surface area contributed by atoms with Crippen molar-refractivity contribution in [2.24, 2.45) is 4.99 Å². The molecular formula is C22H24ClN3O2S. The number of halogens is 1. The highest BCUT2D eigenvalue weighted by Crippen LogP contribution is 2.31. The highest BCUT2D eigenvalue weighted by Gasteiger charge is 2.33. The third-order valence-electron chi connectivity index (χ3n) is 5.42. The summed E-state index contributed by atoms with van der Waals surface area (Å²) >= 11 is 5.94. The van der Waals surface area contributed by atoms with Gasteiger partial charge in [0.25, 0.3) is 10.0 Å². The predicted molar refractivity (Wildman–Crippen MR) is 118 cm³/mol. The third kappa shape index (κ3) is 4.55. The molecule has 0 radical (unpaired) electrons. The molecule has 2 aliphatic rings. The Kier molecular flexibility index (Phi) is 5.76. The van der Waals surface area contributed by atoms with Crippen LogP contribution in [-0.2, 0) is 16.6 Å². The van der Waals surface area contributed by atoms with Crippen LogP contribution in [0.1, 0.15) is 30.9 Å². The van der Waals surface area contributed by atoms with Crippen LogP contribution in [-0.4, -0.2) is 38.3 Å². The number of amidine groups is 1. The molecule has 0 amide bonds. The maximum absolute atomic E-state index is 12.7. The fourth-order valence-electron chi connectivity index (χ4n) is 3.89. The lowest BCUT2D eigenvalue weighted by Gasteiger charge is -2.30. The Labute approximate surface area is 177 Å². The second-order valence-corrected chi connectivity index (χ2v) is 9.59. The summed E-state index contributed by atoms with van der Waals surface area (Å²) in [7, 11) is -3.61. The van der Waals surface area contributed by atoms with Gasteiger partial charge in [0.15, 0.2) is 0 Å². The van der Waals surface area contributed by atoms with Crippen molar-refractivity contribution in [3.05, 3.63) is 76.3 Å². The van der Waals surface area contributed by atoms with Gasteiger partial charge in [-0.15, -0.1) is 0 Å². The molecular weight excluding hydrogens is 406 g/mol. The van der Waals surface area contributed by atoms with Crippen LogP contribution in [0.5, 0.6) is 0 Å². The van der Waals surface area contributed by atoms with Crippen molar-refractivity contribution in [2.45, 2.75) is 32.4 Å². The molecule has 2 heterocycles. The zero-order chi connectivity index (χ0) is 20.4. The number of hydrogen-bond donors (Lipinski definition) is 1. The van der Waals surface area contributed by atoms with E-state index in [1.54, 1.807) is 24.3 Å². The number of sulfonamides is 1. The van der Waals surface area contributed by atoms with Gasteiger partial charge in [0.2, 0.25) is 0 Å². The van der Waals surface area contributed by atoms with E-state index >= 15 is 0 Å². The largest absolute Gasteiger partial charge is 0.299 e. The lowest BCUT2D eigenvalue weighted by atomic mass is 10.0. The van der Waals surface area contributed by atoms with E-state index in [2.05, 4.69) is 33.9 Å². The Morgan fingerprint density at radius 2 is 1.72 bits per heavy atom. The van der Waals surface area contributed by atoms with Gasteiger partial charge in [-0.2, -0.15) is 0 Å². The number of benzene rings is 2. The van der Waals surface area contributed by atoms with E-state index in [0.717, 1.165) is 32.5 Å². The molecule has 1 fully saturated rings. The standard InChI is InChI=1S/C22H24ClN3O2S/c1-16-21(18-7-9-19(23)10-8-18)29(27,28)25-22(16)24-20-11-13-26(14-12-20)15-17-5-3-2-4-6-17/h2-10,20H,11-15H2,1H3,(H,24,25). The van der Waals surface area contributed by atoms with Gasteiger partial charge in [0.1, 0.15) is 10.7 Å². The SMILES string of the molecule is CC1=C(c2ccc(Cl)cc2)S(=O)(=O)NC1=NC1CCN(Cc2ccccc2)CC1. The van der Waals surface area contributed by atoms with Crippen molar-refractivity contribution < 1.29 is 8.42 Å². The van der Waals surface area contributed by atoms with E-state index in [1.807, 2.05) is 13.0 Å². The van der Waals surface area contributed by atoms with E-state index in [-0.39, 0.29) is 10.9 Å². The molecule has 152 valence electrons. The molecule has 2 aromatic rings. The average Bonchev–Trinajstić information content (AvgIpc) is 2.93. The highest BCUT2D eigenvalue weighted by molar-refractivity contribution is 8.00. The number of hydrogen-bond acceptors (Lipinski definition) is 4. The van der Waals surface area contributed by atoms with E-state index in [0.29, 0.717) is 22.0 Å². The molecule has 1 saturated heterocycles. The van der Waals surface area contributed by atoms with Crippen LogP contribution >= 0.6 is 11.6 Å². The fraction of sp³-hybridized carbons (Fsp3) is 0.318. The first-order valence-corrected chi connectivity index (χ1v) is 11.6. The molecule has 0 aromatic heterocycles. The molecule has 2 aliphatic heterocycles. The molecule has 7 heteroatoms. The van der Waals surface area contributed by atoms with Crippen LogP contribution in [0.3, 0.4) is 0 Å². The first-order valence-electron chi connectivity index (χ1n) is 9.76. The van der Waals surface area contributed by atoms with Gasteiger partial charge >= 0.3 is 0 Å². The number of nitrogens with one attached hydrogen (secondary N) is 1. The van der Waals surface area contributed by atoms with Crippen molar-refractivity contribution in [1.82, 2.24) is 9.62 Å². The molecule has 29 heavy (non-hydrogen) atoms. The molecule has 0 bridgehead atoms. The van der Waals surface area contributed by atoms with E-state index < -0.39 is 10.0 Å². The second-order valence-electron chi connectivity index (χ2n) is 7.54. The van der Waals surface area contributed by atoms with Crippen LogP contribution in [0, 0.1) is 0 Å². The Bertz CT molecular complexity index is 1040. The van der Waals surface area contributed by atoms with E-state index in [9.17, 15) is 8.42 Å². The zero-order valence-corrected chi connectivity index (χ0v) is 17.9. The Morgan fingerprint density at radius 3 is 2.38 bits per heavy atom. The molecule has 4 rings (SSSR count). The first kappa shape index (κ1) is 20.1. The molecule has 0 saturated carbocycles. The molecule has 0 aliphatic carbocycles. The topological polar surface area (TPSA) is 61.8 Å². The lowest BCUT2D eigenvalue weighted by Crippen LogP contribution is -2.36. The summed E-state index contributed by atoms with van der Waals surface area (Å²) in [6, 6.07) is 17.4. The van der Waals surface area contributed by atoms with Crippen LogP contribution in [0.4, 0.5) is 0 Å². The quantitative estimate of drug-likeness (QED) is 0.796. The van der Waals surface area contributed by atoms with Gasteiger partial charge in [-0.05, 0) is 43.0 Å². The van der Waals surface area contributed by atoms with Gasteiger partial charge < -0.3 is 0 Å². The van der Waals surface area contributed by atoms with E-state index in [4.69, 9.17) is 16.6 Å². The maximum atomic E-state index is 12.7. The Hall–Kier alpha value is -2.15. The minimum atomic E-state index is -3.61. The monoisotopic (exact) mass is 429 g/mol. The summed E-state index contributed by atoms with van der Waals surface area (Å²) in [5.74, 6) is 0.469. The van der Waals surface area contributed by atoms with Crippen molar-refractivity contribution in [1.29, 1.82) is 0 Å². The molecule has 1 N–H and O–H groups in total. The number of likely N-dealkylation sites (tertiary alicyclic amines) is 1. The number of aliphatic imine (C=N–C) groups is 1. The smallest absolute Gasteiger partial charge is 0.264 e. The highest BCUT2D eigenvalue weighted by atomic mass is 35.5. The zero-order valence-electron chi connectivity index (χ0n) is 16.3. The van der Waals surface area contributed by atoms with Gasteiger partial charge in [-0.1, -0.05) is 54.1 Å². The van der Waals surface area contributed by atoms with Crippen molar-refractivity contribution in [2.75, 3.05) is 13.1 Å². The number of nitrogens with zero attached hydrogens (tertiary/aromatic N) is 2. The minimum Gasteiger partial charge on any atom is -0.299 e. The molecule has 0 atom stereocenters. The summed E-state index contributed by atoms with van der Waals surface area (Å²) in [5.41, 5.74) is 2.61.